The number of aliphatic hydroxyl groups excluding tert-OH is 1. The van der Waals surface area contributed by atoms with Crippen LogP contribution in [-0.4, -0.2) is 64.2 Å². The van der Waals surface area contributed by atoms with E-state index in [1.807, 2.05) is 100 Å². The van der Waals surface area contributed by atoms with Crippen LogP contribution in [0, 0.1) is 5.92 Å². The fraction of sp³-hybridized carbons (Fsp3) is 0.410. The number of rotatable bonds is 18. The Morgan fingerprint density at radius 1 is 0.824 bits per heavy atom. The molecule has 4 amide bonds. The number of aromatic nitrogens is 1. The van der Waals surface area contributed by atoms with Crippen molar-refractivity contribution in [1.82, 2.24) is 26.3 Å². The number of hydrogen-bond acceptors (Lipinski definition) is 8. The quantitative estimate of drug-likeness (QED) is 0.0964. The standard InChI is InChI=1S/C39H49N5O6S/c1-5-26(4)41-35(46)23-34(45)31(20-25(2)3)42-38(48)33(22-36-40-18-19-51-36)43-37(47)32(44-39(49)50-24-27-12-7-6-8-13-27)21-29-16-11-15-28-14-9-10-17-30(28)29/h6-19,25-26,31-34,45H,5,20-24H2,1-4H3,(H,41,46)(H,42,48)(H,43,47)(H,44,49)/t26?,31-,32-,33?,34-/m0/s1. The molecule has 1 heterocycles. The van der Waals surface area contributed by atoms with Crippen molar-refractivity contribution < 1.29 is 29.0 Å². The SMILES string of the molecule is CCC(C)NC(=O)C[C@H](O)[C@H](CC(C)C)NC(=O)C(Cc1nccs1)NC(=O)[C@H](Cc1cccc2ccccc12)NC(=O)OCc1ccccc1. The minimum Gasteiger partial charge on any atom is -0.445 e. The topological polar surface area (TPSA) is 159 Å². The number of aliphatic hydroxyl groups is 1. The van der Waals surface area contributed by atoms with E-state index in [4.69, 9.17) is 4.74 Å². The van der Waals surface area contributed by atoms with Gasteiger partial charge in [0.1, 0.15) is 18.7 Å². The molecule has 5 atom stereocenters. The molecule has 0 aliphatic heterocycles. The summed E-state index contributed by atoms with van der Waals surface area (Å²) in [5, 5.41) is 26.8. The van der Waals surface area contributed by atoms with E-state index in [0.717, 1.165) is 28.3 Å². The van der Waals surface area contributed by atoms with Gasteiger partial charge in [0.2, 0.25) is 17.7 Å². The van der Waals surface area contributed by atoms with E-state index < -0.39 is 42.1 Å². The fourth-order valence-corrected chi connectivity index (χ4v) is 6.35. The van der Waals surface area contributed by atoms with E-state index in [2.05, 4.69) is 26.3 Å². The maximum atomic E-state index is 14.1. The van der Waals surface area contributed by atoms with Gasteiger partial charge in [0.25, 0.3) is 0 Å². The van der Waals surface area contributed by atoms with Crippen LogP contribution in [0.15, 0.2) is 84.4 Å². The summed E-state index contributed by atoms with van der Waals surface area (Å²) in [7, 11) is 0. The Kier molecular flexibility index (Phi) is 14.9. The molecule has 4 rings (SSSR count). The lowest BCUT2D eigenvalue weighted by atomic mass is 9.96. The third-order valence-electron chi connectivity index (χ3n) is 8.55. The summed E-state index contributed by atoms with van der Waals surface area (Å²) in [4.78, 5) is 58.1. The van der Waals surface area contributed by atoms with Gasteiger partial charge in [-0.25, -0.2) is 9.78 Å². The molecule has 0 saturated carbocycles. The van der Waals surface area contributed by atoms with E-state index in [0.29, 0.717) is 11.4 Å². The molecule has 0 aliphatic carbocycles. The highest BCUT2D eigenvalue weighted by Crippen LogP contribution is 2.20. The molecular weight excluding hydrogens is 667 g/mol. The number of amides is 4. The van der Waals surface area contributed by atoms with Gasteiger partial charge in [-0.1, -0.05) is 93.6 Å². The van der Waals surface area contributed by atoms with Gasteiger partial charge < -0.3 is 31.1 Å². The number of fused-ring (bicyclic) bond motifs is 1. The maximum Gasteiger partial charge on any atom is 0.408 e. The number of alkyl carbamates (subject to hydrolysis) is 1. The van der Waals surface area contributed by atoms with Crippen molar-refractivity contribution in [2.45, 2.75) is 96.7 Å². The smallest absolute Gasteiger partial charge is 0.408 e. The Hall–Kier alpha value is -4.81. The number of carbonyl (C=O) groups excluding carboxylic acids is 4. The molecule has 0 fully saturated rings. The summed E-state index contributed by atoms with van der Waals surface area (Å²) < 4.78 is 5.47. The first kappa shape index (κ1) is 39.0. The average Bonchev–Trinajstić information content (AvgIpc) is 3.63. The van der Waals surface area contributed by atoms with Gasteiger partial charge in [0.05, 0.1) is 23.6 Å². The van der Waals surface area contributed by atoms with E-state index >= 15 is 0 Å². The van der Waals surface area contributed by atoms with Crippen LogP contribution in [0.2, 0.25) is 0 Å². The number of nitrogens with one attached hydrogen (secondary N) is 4. The van der Waals surface area contributed by atoms with Crippen molar-refractivity contribution in [1.29, 1.82) is 0 Å². The Bertz CT molecular complexity index is 1710. The maximum absolute atomic E-state index is 14.1. The highest BCUT2D eigenvalue weighted by atomic mass is 32.1. The Morgan fingerprint density at radius 2 is 1.51 bits per heavy atom. The molecular formula is C39H49N5O6S. The van der Waals surface area contributed by atoms with Crippen molar-refractivity contribution in [2.24, 2.45) is 5.92 Å². The molecule has 3 aromatic carbocycles. The molecule has 2 unspecified atom stereocenters. The van der Waals surface area contributed by atoms with Crippen LogP contribution >= 0.6 is 11.3 Å². The zero-order chi connectivity index (χ0) is 36.8. The lowest BCUT2D eigenvalue weighted by Gasteiger charge is -2.29. The van der Waals surface area contributed by atoms with Crippen molar-refractivity contribution in [3.63, 3.8) is 0 Å². The normalized spacial score (nSPS) is 14.2. The molecule has 0 spiro atoms. The van der Waals surface area contributed by atoms with Gasteiger partial charge in [-0.2, -0.15) is 0 Å². The molecule has 51 heavy (non-hydrogen) atoms. The summed E-state index contributed by atoms with van der Waals surface area (Å²) in [6, 6.07) is 19.7. The summed E-state index contributed by atoms with van der Waals surface area (Å²) in [6.07, 6.45) is 0.840. The van der Waals surface area contributed by atoms with Crippen LogP contribution < -0.4 is 21.3 Å². The van der Waals surface area contributed by atoms with Crippen LogP contribution in [0.1, 0.15) is 63.1 Å². The minimum absolute atomic E-state index is 0.0132. The fourth-order valence-electron chi connectivity index (χ4n) is 5.69. The first-order valence-corrected chi connectivity index (χ1v) is 18.3. The number of benzene rings is 3. The monoisotopic (exact) mass is 715 g/mol. The molecule has 12 heteroatoms. The number of thiazole rings is 1. The van der Waals surface area contributed by atoms with Gasteiger partial charge in [-0.15, -0.1) is 11.3 Å². The Morgan fingerprint density at radius 3 is 2.22 bits per heavy atom. The highest BCUT2D eigenvalue weighted by Gasteiger charge is 2.32. The number of carbonyl (C=O) groups is 4. The molecule has 272 valence electrons. The van der Waals surface area contributed by atoms with Crippen molar-refractivity contribution >= 4 is 45.9 Å². The minimum atomic E-state index is -1.16. The lowest BCUT2D eigenvalue weighted by molar-refractivity contribution is -0.131. The van der Waals surface area contributed by atoms with Gasteiger partial charge in [-0.3, -0.25) is 14.4 Å². The Labute approximate surface area is 303 Å². The first-order valence-electron chi connectivity index (χ1n) is 17.4. The number of nitrogens with zero attached hydrogens (tertiary/aromatic N) is 1. The average molecular weight is 716 g/mol. The van der Waals surface area contributed by atoms with E-state index in [1.165, 1.54) is 11.3 Å². The van der Waals surface area contributed by atoms with E-state index in [1.54, 1.807) is 11.6 Å². The van der Waals surface area contributed by atoms with E-state index in [9.17, 15) is 24.3 Å². The summed E-state index contributed by atoms with van der Waals surface area (Å²) in [5.74, 6) is -1.36. The second-order valence-corrected chi connectivity index (χ2v) is 14.2. The molecule has 0 saturated heterocycles. The molecule has 0 radical (unpaired) electrons. The summed E-state index contributed by atoms with van der Waals surface area (Å²) >= 11 is 1.34. The zero-order valence-electron chi connectivity index (χ0n) is 29.6. The lowest BCUT2D eigenvalue weighted by Crippen LogP contribution is -2.57. The van der Waals surface area contributed by atoms with Gasteiger partial charge >= 0.3 is 6.09 Å². The van der Waals surface area contributed by atoms with Crippen LogP contribution in [0.3, 0.4) is 0 Å². The molecule has 1 aromatic heterocycles. The predicted molar refractivity (Wildman–Crippen MR) is 199 cm³/mol. The first-order chi connectivity index (χ1) is 24.5. The van der Waals surface area contributed by atoms with Gasteiger partial charge in [0.15, 0.2) is 0 Å². The molecule has 0 bridgehead atoms. The third-order valence-corrected chi connectivity index (χ3v) is 9.35. The zero-order valence-corrected chi connectivity index (χ0v) is 30.5. The third kappa shape index (κ3) is 12.5. The van der Waals surface area contributed by atoms with Crippen LogP contribution in [-0.2, 0) is 38.6 Å². The second-order valence-electron chi connectivity index (χ2n) is 13.2. The molecule has 5 N–H and O–H groups in total. The van der Waals surface area contributed by atoms with Crippen molar-refractivity contribution in [2.75, 3.05) is 0 Å². The van der Waals surface area contributed by atoms with E-state index in [-0.39, 0.29) is 43.7 Å². The number of hydrogen-bond donors (Lipinski definition) is 5. The summed E-state index contributed by atoms with van der Waals surface area (Å²) in [6.45, 7) is 7.77. The molecule has 0 aliphatic rings. The Balaban J connectivity index is 1.56. The van der Waals surface area contributed by atoms with Crippen LogP contribution in [0.5, 0.6) is 0 Å². The molecule has 4 aromatic rings. The second kappa shape index (κ2) is 19.5. The number of ether oxygens (including phenoxy) is 1. The van der Waals surface area contributed by atoms with Crippen molar-refractivity contribution in [3.05, 3.63) is 101 Å². The molecule has 11 nitrogen and oxygen atoms in total. The summed E-state index contributed by atoms with van der Waals surface area (Å²) in [5.41, 5.74) is 1.62. The van der Waals surface area contributed by atoms with Crippen LogP contribution in [0.25, 0.3) is 10.8 Å². The van der Waals surface area contributed by atoms with Gasteiger partial charge in [0, 0.05) is 30.5 Å². The van der Waals surface area contributed by atoms with Crippen LogP contribution in [0.4, 0.5) is 4.79 Å². The predicted octanol–water partition coefficient (Wildman–Crippen LogP) is 5.06. The largest absolute Gasteiger partial charge is 0.445 e. The van der Waals surface area contributed by atoms with Crippen molar-refractivity contribution in [3.8, 4) is 0 Å². The highest BCUT2D eigenvalue weighted by molar-refractivity contribution is 7.09. The van der Waals surface area contributed by atoms with Gasteiger partial charge in [-0.05, 0) is 47.6 Å².